The van der Waals surface area contributed by atoms with Crippen LogP contribution >= 0.6 is 43.2 Å². The zero-order valence-electron chi connectivity index (χ0n) is 10.5. The van der Waals surface area contributed by atoms with Crippen LogP contribution in [0.2, 0.25) is 0 Å². The number of anilines is 1. The molecule has 1 saturated carbocycles. The fraction of sp³-hybridized carbons (Fsp3) is 0.333. The largest absolute Gasteiger partial charge is 0.364 e. The molecule has 0 atom stereocenters. The van der Waals surface area contributed by atoms with Gasteiger partial charge in [-0.3, -0.25) is 0 Å². The number of benzene rings is 1. The van der Waals surface area contributed by atoms with Crippen molar-refractivity contribution in [3.05, 3.63) is 50.6 Å². The highest BCUT2D eigenvalue weighted by molar-refractivity contribution is 9.10. The number of thiophene rings is 1. The zero-order chi connectivity index (χ0) is 13.2. The molecule has 1 aliphatic carbocycles. The Morgan fingerprint density at radius 2 is 2.11 bits per heavy atom. The number of hydrogen-bond acceptors (Lipinski definition) is 2. The maximum Gasteiger partial charge on any atom is 0.0440 e. The Morgan fingerprint density at radius 3 is 2.74 bits per heavy atom. The van der Waals surface area contributed by atoms with E-state index in [2.05, 4.69) is 71.8 Å². The number of nitrogens with zero attached hydrogens (tertiary/aromatic N) is 1. The van der Waals surface area contributed by atoms with E-state index in [0.717, 1.165) is 16.3 Å². The van der Waals surface area contributed by atoms with E-state index in [4.69, 9.17) is 0 Å². The minimum atomic E-state index is 0.715. The molecule has 1 aromatic heterocycles. The first-order valence-electron chi connectivity index (χ1n) is 6.40. The molecule has 0 spiro atoms. The van der Waals surface area contributed by atoms with Gasteiger partial charge in [0.05, 0.1) is 0 Å². The molecule has 0 bridgehead atoms. The maximum absolute atomic E-state index is 3.61. The summed E-state index contributed by atoms with van der Waals surface area (Å²) in [5.41, 5.74) is 4.14. The van der Waals surface area contributed by atoms with Crippen molar-refractivity contribution in [2.75, 3.05) is 4.90 Å². The van der Waals surface area contributed by atoms with Gasteiger partial charge in [-0.25, -0.2) is 0 Å². The monoisotopic (exact) mass is 399 g/mol. The van der Waals surface area contributed by atoms with Crippen LogP contribution in [0.5, 0.6) is 0 Å². The molecule has 0 radical (unpaired) electrons. The van der Waals surface area contributed by atoms with Crippen LogP contribution in [0.15, 0.2) is 39.5 Å². The van der Waals surface area contributed by atoms with Crippen molar-refractivity contribution >= 4 is 48.9 Å². The summed E-state index contributed by atoms with van der Waals surface area (Å²) in [6.07, 6.45) is 2.64. The lowest BCUT2D eigenvalue weighted by atomic mass is 10.1. The fourth-order valence-corrected chi connectivity index (χ4v) is 3.78. The second-order valence-corrected chi connectivity index (χ2v) is 7.15. The Labute approximate surface area is 134 Å². The summed E-state index contributed by atoms with van der Waals surface area (Å²) in [5, 5.41) is 5.32. The highest BCUT2D eigenvalue weighted by Crippen LogP contribution is 2.37. The van der Waals surface area contributed by atoms with Crippen molar-refractivity contribution in [1.82, 2.24) is 0 Å². The van der Waals surface area contributed by atoms with Crippen LogP contribution in [0, 0.1) is 0 Å². The van der Waals surface area contributed by atoms with Gasteiger partial charge in [-0.2, -0.15) is 11.3 Å². The van der Waals surface area contributed by atoms with E-state index in [0.29, 0.717) is 6.04 Å². The normalized spacial score (nSPS) is 14.6. The van der Waals surface area contributed by atoms with Gasteiger partial charge in [0.1, 0.15) is 0 Å². The van der Waals surface area contributed by atoms with Crippen molar-refractivity contribution < 1.29 is 0 Å². The van der Waals surface area contributed by atoms with Crippen molar-refractivity contribution in [2.45, 2.75) is 30.8 Å². The van der Waals surface area contributed by atoms with E-state index < -0.39 is 0 Å². The van der Waals surface area contributed by atoms with Gasteiger partial charge in [-0.1, -0.05) is 37.9 Å². The zero-order valence-corrected chi connectivity index (χ0v) is 14.5. The lowest BCUT2D eigenvalue weighted by molar-refractivity contribution is 0.792. The molecule has 1 nitrogen and oxygen atoms in total. The lowest BCUT2D eigenvalue weighted by Crippen LogP contribution is -2.25. The molecule has 0 saturated heterocycles. The molecule has 19 heavy (non-hydrogen) atoms. The van der Waals surface area contributed by atoms with Crippen LogP contribution in [0.3, 0.4) is 0 Å². The second-order valence-electron chi connectivity index (χ2n) is 4.90. The van der Waals surface area contributed by atoms with E-state index in [1.54, 1.807) is 11.3 Å². The van der Waals surface area contributed by atoms with E-state index in [1.165, 1.54) is 29.7 Å². The standard InChI is InChI=1S/C15H15Br2NS/c16-8-12-1-2-13(17)7-15(12)18(14-3-4-14)9-11-5-6-19-10-11/h1-2,5-7,10,14H,3-4,8-9H2. The molecule has 1 aromatic carbocycles. The van der Waals surface area contributed by atoms with Gasteiger partial charge in [-0.15, -0.1) is 0 Å². The number of alkyl halides is 1. The number of rotatable bonds is 5. The average Bonchev–Trinajstić information content (AvgIpc) is 3.13. The van der Waals surface area contributed by atoms with E-state index >= 15 is 0 Å². The Bertz CT molecular complexity index is 549. The van der Waals surface area contributed by atoms with Gasteiger partial charge in [0.15, 0.2) is 0 Å². The molecule has 3 rings (SSSR count). The van der Waals surface area contributed by atoms with Gasteiger partial charge in [0.2, 0.25) is 0 Å². The third-order valence-electron chi connectivity index (χ3n) is 3.42. The summed E-state index contributed by atoms with van der Waals surface area (Å²) in [5.74, 6) is 0. The summed E-state index contributed by atoms with van der Waals surface area (Å²) < 4.78 is 1.16. The molecular weight excluding hydrogens is 386 g/mol. The lowest BCUT2D eigenvalue weighted by Gasteiger charge is -2.27. The molecule has 1 aliphatic rings. The van der Waals surface area contributed by atoms with Crippen molar-refractivity contribution in [3.8, 4) is 0 Å². The first kappa shape index (κ1) is 13.7. The van der Waals surface area contributed by atoms with Crippen molar-refractivity contribution in [3.63, 3.8) is 0 Å². The average molecular weight is 401 g/mol. The SMILES string of the molecule is BrCc1ccc(Br)cc1N(Cc1ccsc1)C1CC1. The minimum Gasteiger partial charge on any atom is -0.364 e. The van der Waals surface area contributed by atoms with E-state index in [1.807, 2.05) is 0 Å². The molecule has 0 N–H and O–H groups in total. The quantitative estimate of drug-likeness (QED) is 0.592. The molecule has 0 amide bonds. The van der Waals surface area contributed by atoms with Crippen LogP contribution in [0.25, 0.3) is 0 Å². The van der Waals surface area contributed by atoms with Crippen LogP contribution in [0.4, 0.5) is 5.69 Å². The third-order valence-corrected chi connectivity index (χ3v) is 5.25. The topological polar surface area (TPSA) is 3.24 Å². The van der Waals surface area contributed by atoms with Crippen LogP contribution < -0.4 is 4.90 Å². The summed E-state index contributed by atoms with van der Waals surface area (Å²) >= 11 is 8.99. The van der Waals surface area contributed by atoms with Gasteiger partial charge >= 0.3 is 0 Å². The summed E-state index contributed by atoms with van der Waals surface area (Å²) in [6, 6.07) is 9.52. The molecule has 2 aromatic rings. The van der Waals surface area contributed by atoms with Crippen LogP contribution in [-0.2, 0) is 11.9 Å². The Hall–Kier alpha value is -0.320. The highest BCUT2D eigenvalue weighted by atomic mass is 79.9. The molecule has 4 heteroatoms. The number of halogens is 2. The van der Waals surface area contributed by atoms with Gasteiger partial charge in [0.25, 0.3) is 0 Å². The van der Waals surface area contributed by atoms with Crippen LogP contribution in [-0.4, -0.2) is 6.04 Å². The summed E-state index contributed by atoms with van der Waals surface area (Å²) in [7, 11) is 0. The van der Waals surface area contributed by atoms with Crippen molar-refractivity contribution in [1.29, 1.82) is 0 Å². The first-order chi connectivity index (χ1) is 9.28. The van der Waals surface area contributed by atoms with Gasteiger partial charge in [0, 0.05) is 28.1 Å². The van der Waals surface area contributed by atoms with Gasteiger partial charge < -0.3 is 4.90 Å². The third kappa shape index (κ3) is 3.23. The highest BCUT2D eigenvalue weighted by Gasteiger charge is 2.30. The summed E-state index contributed by atoms with van der Waals surface area (Å²) in [4.78, 5) is 2.56. The van der Waals surface area contributed by atoms with Crippen molar-refractivity contribution in [2.24, 2.45) is 0 Å². The fourth-order valence-electron chi connectivity index (χ4n) is 2.29. The molecule has 0 unspecified atom stereocenters. The minimum absolute atomic E-state index is 0.715. The van der Waals surface area contributed by atoms with E-state index in [9.17, 15) is 0 Å². The number of hydrogen-bond donors (Lipinski definition) is 0. The van der Waals surface area contributed by atoms with E-state index in [-0.39, 0.29) is 0 Å². The molecular formula is C15H15Br2NS. The smallest absolute Gasteiger partial charge is 0.0440 e. The molecule has 100 valence electrons. The Morgan fingerprint density at radius 1 is 1.26 bits per heavy atom. The molecule has 1 heterocycles. The second kappa shape index (κ2) is 5.98. The molecule has 1 fully saturated rings. The van der Waals surface area contributed by atoms with Crippen LogP contribution in [0.1, 0.15) is 24.0 Å². The van der Waals surface area contributed by atoms with Gasteiger partial charge in [-0.05, 0) is 52.9 Å². The first-order valence-corrected chi connectivity index (χ1v) is 9.26. The Balaban J connectivity index is 1.93. The predicted molar refractivity (Wildman–Crippen MR) is 90.3 cm³/mol. The molecule has 0 aliphatic heterocycles. The maximum atomic E-state index is 3.61. The predicted octanol–water partition coefficient (Wildman–Crippen LogP) is 5.57. The summed E-state index contributed by atoms with van der Waals surface area (Å²) in [6.45, 7) is 1.02. The Kier molecular flexibility index (Phi) is 4.30.